The molecule has 0 radical (unpaired) electrons. The van der Waals surface area contributed by atoms with E-state index >= 15 is 0 Å². The molecule has 6 rings (SSSR count). The smallest absolute Gasteiger partial charge is 0.118 e. The molecule has 0 spiro atoms. The number of aliphatic hydroxyl groups excluding tert-OH is 2. The summed E-state index contributed by atoms with van der Waals surface area (Å²) in [5.41, 5.74) is 4.54. The topological polar surface area (TPSA) is 53.0 Å². The van der Waals surface area contributed by atoms with Crippen molar-refractivity contribution in [3.05, 3.63) is 58.7 Å². The van der Waals surface area contributed by atoms with E-state index in [2.05, 4.69) is 36.4 Å². The number of rotatable bonds is 0. The van der Waals surface area contributed by atoms with E-state index in [4.69, 9.17) is 4.74 Å². The van der Waals surface area contributed by atoms with Crippen LogP contribution in [0.1, 0.15) is 34.5 Å². The van der Waals surface area contributed by atoms with Crippen LogP contribution < -0.4 is 0 Å². The second-order valence-electron chi connectivity index (χ2n) is 6.68. The largest absolute Gasteiger partial charge is 0.387 e. The van der Waals surface area contributed by atoms with Crippen molar-refractivity contribution in [3.8, 4) is 0 Å². The lowest BCUT2D eigenvalue weighted by Crippen LogP contribution is -2.29. The molecule has 4 atom stereocenters. The Morgan fingerprint density at radius 1 is 1.00 bits per heavy atom. The lowest BCUT2D eigenvalue weighted by Gasteiger charge is -2.25. The van der Waals surface area contributed by atoms with Crippen molar-refractivity contribution in [3.63, 3.8) is 0 Å². The van der Waals surface area contributed by atoms with Crippen molar-refractivity contribution in [1.29, 1.82) is 0 Å². The summed E-state index contributed by atoms with van der Waals surface area (Å²) >= 11 is 0. The van der Waals surface area contributed by atoms with E-state index in [0.717, 1.165) is 17.5 Å². The molecule has 3 aromatic carbocycles. The second-order valence-corrected chi connectivity index (χ2v) is 6.68. The number of hydrogen-bond donors (Lipinski definition) is 2. The molecule has 2 aliphatic carbocycles. The summed E-state index contributed by atoms with van der Waals surface area (Å²) in [7, 11) is 0. The Balaban J connectivity index is 1.80. The number of aliphatic hydroxyl groups is 2. The van der Waals surface area contributed by atoms with E-state index in [1.807, 2.05) is 0 Å². The molecule has 0 unspecified atom stereocenters. The van der Waals surface area contributed by atoms with E-state index in [9.17, 15) is 10.2 Å². The van der Waals surface area contributed by atoms with Gasteiger partial charge in [-0.1, -0.05) is 36.4 Å². The monoisotopic (exact) mass is 290 g/mol. The summed E-state index contributed by atoms with van der Waals surface area (Å²) in [6.45, 7) is 0. The maximum Gasteiger partial charge on any atom is 0.118 e. The van der Waals surface area contributed by atoms with Crippen LogP contribution in [0, 0.1) is 0 Å². The molecular weight excluding hydrogens is 276 g/mol. The minimum atomic E-state index is -0.848. The lowest BCUT2D eigenvalue weighted by atomic mass is 9.82. The summed E-state index contributed by atoms with van der Waals surface area (Å²) in [4.78, 5) is 0. The van der Waals surface area contributed by atoms with Crippen LogP contribution in [0.2, 0.25) is 0 Å². The zero-order chi connectivity index (χ0) is 14.6. The summed E-state index contributed by atoms with van der Waals surface area (Å²) in [6.07, 6.45) is -1.07. The summed E-state index contributed by atoms with van der Waals surface area (Å²) < 4.78 is 5.65. The van der Waals surface area contributed by atoms with Gasteiger partial charge in [0.05, 0.1) is 0 Å². The Labute approximate surface area is 126 Å². The van der Waals surface area contributed by atoms with Gasteiger partial charge >= 0.3 is 0 Å². The van der Waals surface area contributed by atoms with E-state index in [1.165, 1.54) is 32.7 Å². The van der Waals surface area contributed by atoms with Gasteiger partial charge in [-0.2, -0.15) is 0 Å². The van der Waals surface area contributed by atoms with Gasteiger partial charge in [-0.3, -0.25) is 0 Å². The highest BCUT2D eigenvalue weighted by molar-refractivity contribution is 6.14. The van der Waals surface area contributed by atoms with Crippen LogP contribution in [0.5, 0.6) is 0 Å². The van der Waals surface area contributed by atoms with Gasteiger partial charge in [0.25, 0.3) is 0 Å². The van der Waals surface area contributed by atoms with Crippen molar-refractivity contribution < 1.29 is 14.9 Å². The molecule has 0 bridgehead atoms. The van der Waals surface area contributed by atoms with Crippen LogP contribution >= 0.6 is 0 Å². The normalized spacial score (nSPS) is 30.8. The third-order valence-electron chi connectivity index (χ3n) is 5.55. The van der Waals surface area contributed by atoms with E-state index in [1.54, 1.807) is 0 Å². The molecule has 1 aliphatic heterocycles. The number of ether oxygens (including phenoxy) is 1. The number of epoxide rings is 1. The highest BCUT2D eigenvalue weighted by Crippen LogP contribution is 2.55. The Morgan fingerprint density at radius 2 is 1.91 bits per heavy atom. The molecule has 108 valence electrons. The predicted molar refractivity (Wildman–Crippen MR) is 82.8 cm³/mol. The van der Waals surface area contributed by atoms with E-state index in [0.29, 0.717) is 0 Å². The van der Waals surface area contributed by atoms with E-state index in [-0.39, 0.29) is 12.2 Å². The third kappa shape index (κ3) is 1.17. The maximum atomic E-state index is 10.5. The van der Waals surface area contributed by atoms with Crippen molar-refractivity contribution in [2.24, 2.45) is 0 Å². The molecule has 1 fully saturated rings. The average molecular weight is 290 g/mol. The van der Waals surface area contributed by atoms with Gasteiger partial charge in [-0.25, -0.2) is 0 Å². The molecule has 3 aromatic rings. The molecule has 0 saturated carbocycles. The molecule has 2 N–H and O–H groups in total. The van der Waals surface area contributed by atoms with Crippen LogP contribution in [0.4, 0.5) is 0 Å². The van der Waals surface area contributed by atoms with Crippen LogP contribution in [0.15, 0.2) is 36.4 Å². The first-order chi connectivity index (χ1) is 10.7. The Morgan fingerprint density at radius 3 is 2.82 bits per heavy atom. The van der Waals surface area contributed by atoms with Gasteiger partial charge in [0, 0.05) is 0 Å². The summed E-state index contributed by atoms with van der Waals surface area (Å²) in [6, 6.07) is 12.8. The van der Waals surface area contributed by atoms with Gasteiger partial charge in [0.1, 0.15) is 24.4 Å². The van der Waals surface area contributed by atoms with Gasteiger partial charge in [0.2, 0.25) is 0 Å². The molecule has 1 saturated heterocycles. The number of fused-ring (bicyclic) bond motifs is 4. The standard InChI is InChI=1S/C19H14O3/c20-16-12-7-10-6-9-3-1-2-8-4-5-11(14(10)13(8)9)15(12)18-19(22-18)17(16)21/h1-5,7,16-21H,6H2/t16-,17+,18+,19-/m1/s1. The van der Waals surface area contributed by atoms with Gasteiger partial charge < -0.3 is 14.9 Å². The van der Waals surface area contributed by atoms with Crippen molar-refractivity contribution in [1.82, 2.24) is 0 Å². The van der Waals surface area contributed by atoms with Gasteiger partial charge in [0.15, 0.2) is 0 Å². The van der Waals surface area contributed by atoms with E-state index < -0.39 is 12.2 Å². The van der Waals surface area contributed by atoms with Crippen LogP contribution in [0.25, 0.3) is 21.5 Å². The Kier molecular flexibility index (Phi) is 1.85. The second kappa shape index (κ2) is 3.51. The zero-order valence-corrected chi connectivity index (χ0v) is 11.8. The zero-order valence-electron chi connectivity index (χ0n) is 11.8. The fraction of sp³-hybridized carbons (Fsp3) is 0.263. The van der Waals surface area contributed by atoms with Crippen LogP contribution in [-0.4, -0.2) is 22.4 Å². The minimum Gasteiger partial charge on any atom is -0.387 e. The van der Waals surface area contributed by atoms with Gasteiger partial charge in [-0.15, -0.1) is 0 Å². The molecule has 22 heavy (non-hydrogen) atoms. The fourth-order valence-corrected chi connectivity index (χ4v) is 4.54. The molecule has 0 aromatic heterocycles. The molecule has 0 amide bonds. The van der Waals surface area contributed by atoms with Crippen molar-refractivity contribution >= 4 is 21.5 Å². The predicted octanol–water partition coefficient (Wildman–Crippen LogP) is 2.75. The minimum absolute atomic E-state index is 0.0623. The molecular formula is C19H14O3. The first-order valence-electron chi connectivity index (χ1n) is 7.75. The average Bonchev–Trinajstić information content (AvgIpc) is 3.24. The van der Waals surface area contributed by atoms with Crippen molar-refractivity contribution in [2.75, 3.05) is 0 Å². The van der Waals surface area contributed by atoms with Crippen LogP contribution in [-0.2, 0) is 11.2 Å². The highest BCUT2D eigenvalue weighted by Gasteiger charge is 2.54. The molecule has 3 heteroatoms. The first-order valence-corrected chi connectivity index (χ1v) is 7.75. The van der Waals surface area contributed by atoms with Gasteiger partial charge in [-0.05, 0) is 50.2 Å². The highest BCUT2D eigenvalue weighted by atomic mass is 16.6. The first kappa shape index (κ1) is 11.6. The van der Waals surface area contributed by atoms with Crippen LogP contribution in [0.3, 0.4) is 0 Å². The SMILES string of the molecule is O[C@@H]1[C@H]2O[C@H]2c2c(cc3c4c2ccc2cccc(c24)C3)[C@H]1O. The summed E-state index contributed by atoms with van der Waals surface area (Å²) in [5.74, 6) is 0. The Bertz CT molecular complexity index is 991. The third-order valence-corrected chi connectivity index (χ3v) is 5.55. The molecule has 3 aliphatic rings. The number of hydrogen-bond acceptors (Lipinski definition) is 3. The lowest BCUT2D eigenvalue weighted by molar-refractivity contribution is 0.0000768. The quantitative estimate of drug-likeness (QED) is 0.387. The fourth-order valence-electron chi connectivity index (χ4n) is 4.54. The molecule has 3 nitrogen and oxygen atoms in total. The Hall–Kier alpha value is -1.94. The number of benzene rings is 3. The van der Waals surface area contributed by atoms with Crippen molar-refractivity contribution in [2.45, 2.75) is 30.8 Å². The maximum absolute atomic E-state index is 10.5. The molecule has 1 heterocycles. The summed E-state index contributed by atoms with van der Waals surface area (Å²) in [5, 5.41) is 25.7.